The van der Waals surface area contributed by atoms with Crippen LogP contribution in [0.5, 0.6) is 0 Å². The van der Waals surface area contributed by atoms with Crippen LogP contribution in [0.4, 0.5) is 11.6 Å². The van der Waals surface area contributed by atoms with E-state index in [-0.39, 0.29) is 0 Å². The largest absolute Gasteiger partial charge is 0.383 e. The molecular weight excluding hydrogens is 380 g/mol. The molecule has 3 aromatic heterocycles. The lowest BCUT2D eigenvalue weighted by atomic mass is 9.89. The van der Waals surface area contributed by atoms with Gasteiger partial charge in [0.2, 0.25) is 0 Å². The predicted molar refractivity (Wildman–Crippen MR) is 120 cm³/mol. The molecule has 0 aromatic carbocycles. The minimum absolute atomic E-state index is 0.678. The average Bonchev–Trinajstić information content (AvgIpc) is 3.11. The predicted octanol–water partition coefficient (Wildman–Crippen LogP) is 3.16. The Balaban J connectivity index is 1.24. The first kappa shape index (κ1) is 18.8. The lowest BCUT2D eigenvalue weighted by Gasteiger charge is -2.35. The number of thiophene rings is 1. The molecule has 5 rings (SSSR count). The van der Waals surface area contributed by atoms with Crippen LogP contribution in [0.3, 0.4) is 0 Å². The molecule has 152 valence electrons. The quantitative estimate of drug-likeness (QED) is 0.715. The number of hydrogen-bond acceptors (Lipinski definition) is 7. The number of nitrogens with two attached hydrogens (primary N) is 1. The summed E-state index contributed by atoms with van der Waals surface area (Å²) in [5, 5.41) is 1.13. The van der Waals surface area contributed by atoms with Crippen LogP contribution in [0, 0.1) is 5.92 Å². The first-order valence-electron chi connectivity index (χ1n) is 10.6. The van der Waals surface area contributed by atoms with Gasteiger partial charge in [0.25, 0.3) is 0 Å². The normalized spacial score (nSPS) is 20.2. The zero-order valence-corrected chi connectivity index (χ0v) is 17.8. The second kappa shape index (κ2) is 7.88. The second-order valence-corrected chi connectivity index (χ2v) is 9.41. The van der Waals surface area contributed by atoms with E-state index in [9.17, 15) is 0 Å². The molecule has 1 fully saturated rings. The lowest BCUT2D eigenvalue weighted by Crippen LogP contribution is -2.47. The Hall–Kier alpha value is -2.25. The van der Waals surface area contributed by atoms with Gasteiger partial charge < -0.3 is 10.6 Å². The Kier molecular flexibility index (Phi) is 5.09. The van der Waals surface area contributed by atoms with Gasteiger partial charge in [-0.05, 0) is 42.9 Å². The Labute approximate surface area is 175 Å². The van der Waals surface area contributed by atoms with E-state index in [1.165, 1.54) is 16.9 Å². The number of nitrogens with zero attached hydrogens (tertiary/aromatic N) is 5. The van der Waals surface area contributed by atoms with Crippen LogP contribution in [0.15, 0.2) is 24.4 Å². The molecule has 0 saturated carbocycles. The van der Waals surface area contributed by atoms with Crippen molar-refractivity contribution in [3.05, 3.63) is 40.7 Å². The molecule has 0 spiro atoms. The standard InChI is InChI=1S/C22H28N6S/c1-15-5-6-16-17(14-15)29-22-20(16)21(23)25-18(26-22)7-9-27-10-12-28(13-11-27)19-4-2-3-8-24-19/h2-4,8,15H,5-7,9-14H2,1H3,(H2,23,25,26). The highest BCUT2D eigenvalue weighted by atomic mass is 32.1. The number of nitrogen functional groups attached to an aromatic ring is 1. The van der Waals surface area contributed by atoms with Gasteiger partial charge in [-0.25, -0.2) is 15.0 Å². The molecule has 1 saturated heterocycles. The molecule has 6 nitrogen and oxygen atoms in total. The van der Waals surface area contributed by atoms with Crippen LogP contribution in [-0.4, -0.2) is 52.6 Å². The molecule has 0 bridgehead atoms. The fourth-order valence-corrected chi connectivity index (χ4v) is 5.94. The third-order valence-electron chi connectivity index (χ3n) is 6.23. The SMILES string of the molecule is CC1CCc2c(sc3nc(CCN4CCN(c5ccccn5)CC4)nc(N)c23)C1. The first-order valence-corrected chi connectivity index (χ1v) is 11.4. The minimum atomic E-state index is 0.678. The maximum atomic E-state index is 6.38. The molecule has 1 unspecified atom stereocenters. The van der Waals surface area contributed by atoms with Gasteiger partial charge in [0.1, 0.15) is 22.3 Å². The monoisotopic (exact) mass is 408 g/mol. The summed E-state index contributed by atoms with van der Waals surface area (Å²) < 4.78 is 0. The zero-order valence-electron chi connectivity index (χ0n) is 17.0. The molecule has 0 radical (unpaired) electrons. The van der Waals surface area contributed by atoms with Crippen molar-refractivity contribution in [2.45, 2.75) is 32.6 Å². The third kappa shape index (κ3) is 3.81. The van der Waals surface area contributed by atoms with E-state index in [0.717, 1.165) is 79.8 Å². The van der Waals surface area contributed by atoms with Gasteiger partial charge in [-0.15, -0.1) is 11.3 Å². The number of aryl methyl sites for hydroxylation is 1. The Morgan fingerprint density at radius 1 is 1.17 bits per heavy atom. The van der Waals surface area contributed by atoms with Crippen molar-refractivity contribution >= 4 is 33.2 Å². The maximum Gasteiger partial charge on any atom is 0.136 e. The molecule has 0 amide bonds. The summed E-state index contributed by atoms with van der Waals surface area (Å²) in [6.07, 6.45) is 6.23. The van der Waals surface area contributed by atoms with Crippen LogP contribution in [-0.2, 0) is 19.3 Å². The van der Waals surface area contributed by atoms with Crippen molar-refractivity contribution < 1.29 is 0 Å². The molecule has 7 heteroatoms. The Morgan fingerprint density at radius 2 is 2.03 bits per heavy atom. The van der Waals surface area contributed by atoms with E-state index >= 15 is 0 Å². The van der Waals surface area contributed by atoms with E-state index in [2.05, 4.69) is 38.8 Å². The number of fused-ring (bicyclic) bond motifs is 3. The van der Waals surface area contributed by atoms with Crippen molar-refractivity contribution in [3.8, 4) is 0 Å². The smallest absolute Gasteiger partial charge is 0.136 e. The third-order valence-corrected chi connectivity index (χ3v) is 7.37. The summed E-state index contributed by atoms with van der Waals surface area (Å²) in [5.41, 5.74) is 7.79. The molecule has 4 heterocycles. The van der Waals surface area contributed by atoms with E-state index in [1.807, 2.05) is 23.6 Å². The molecule has 1 aliphatic heterocycles. The molecule has 1 aliphatic carbocycles. The number of hydrogen-bond donors (Lipinski definition) is 1. The van der Waals surface area contributed by atoms with Crippen molar-refractivity contribution in [3.63, 3.8) is 0 Å². The van der Waals surface area contributed by atoms with Gasteiger partial charge in [0.15, 0.2) is 0 Å². The van der Waals surface area contributed by atoms with Crippen molar-refractivity contribution in [2.24, 2.45) is 5.92 Å². The van der Waals surface area contributed by atoms with Gasteiger partial charge in [-0.1, -0.05) is 13.0 Å². The first-order chi connectivity index (χ1) is 14.2. The van der Waals surface area contributed by atoms with Crippen molar-refractivity contribution in [1.29, 1.82) is 0 Å². The van der Waals surface area contributed by atoms with Crippen molar-refractivity contribution in [2.75, 3.05) is 43.4 Å². The summed E-state index contributed by atoms with van der Waals surface area (Å²) in [5.74, 6) is 3.39. The number of aromatic nitrogens is 3. The fourth-order valence-electron chi connectivity index (χ4n) is 4.53. The highest BCUT2D eigenvalue weighted by molar-refractivity contribution is 7.19. The highest BCUT2D eigenvalue weighted by Gasteiger charge is 2.23. The molecule has 2 N–H and O–H groups in total. The van der Waals surface area contributed by atoms with Gasteiger partial charge in [0.05, 0.1) is 5.39 Å². The number of rotatable bonds is 4. The Bertz CT molecular complexity index is 993. The topological polar surface area (TPSA) is 71.2 Å². The van der Waals surface area contributed by atoms with Crippen LogP contribution >= 0.6 is 11.3 Å². The number of pyridine rings is 1. The summed E-state index contributed by atoms with van der Waals surface area (Å²) in [4.78, 5) is 21.4. The van der Waals surface area contributed by atoms with E-state index in [0.29, 0.717) is 5.82 Å². The Morgan fingerprint density at radius 3 is 2.83 bits per heavy atom. The summed E-state index contributed by atoms with van der Waals surface area (Å²) >= 11 is 1.83. The lowest BCUT2D eigenvalue weighted by molar-refractivity contribution is 0.259. The number of anilines is 2. The average molecular weight is 409 g/mol. The van der Waals surface area contributed by atoms with E-state index in [4.69, 9.17) is 10.7 Å². The summed E-state index contributed by atoms with van der Waals surface area (Å²) in [6.45, 7) is 7.41. The summed E-state index contributed by atoms with van der Waals surface area (Å²) in [7, 11) is 0. The minimum Gasteiger partial charge on any atom is -0.383 e. The zero-order chi connectivity index (χ0) is 19.8. The fraction of sp³-hybridized carbons (Fsp3) is 0.500. The molecular formula is C22H28N6S. The van der Waals surface area contributed by atoms with Crippen LogP contribution in [0.1, 0.15) is 29.6 Å². The molecule has 29 heavy (non-hydrogen) atoms. The van der Waals surface area contributed by atoms with Gasteiger partial charge in [0, 0.05) is 50.2 Å². The van der Waals surface area contributed by atoms with Crippen LogP contribution in [0.25, 0.3) is 10.2 Å². The van der Waals surface area contributed by atoms with E-state index in [1.54, 1.807) is 0 Å². The van der Waals surface area contributed by atoms with Gasteiger partial charge in [-0.2, -0.15) is 0 Å². The van der Waals surface area contributed by atoms with Crippen molar-refractivity contribution in [1.82, 2.24) is 19.9 Å². The van der Waals surface area contributed by atoms with E-state index < -0.39 is 0 Å². The van der Waals surface area contributed by atoms with Crippen LogP contribution in [0.2, 0.25) is 0 Å². The molecule has 3 aromatic rings. The summed E-state index contributed by atoms with van der Waals surface area (Å²) in [6, 6.07) is 6.10. The molecule has 2 aliphatic rings. The van der Waals surface area contributed by atoms with Crippen LogP contribution < -0.4 is 10.6 Å². The maximum absolute atomic E-state index is 6.38. The molecule has 1 atom stereocenters. The second-order valence-electron chi connectivity index (χ2n) is 8.32. The van der Waals surface area contributed by atoms with Gasteiger partial charge in [-0.3, -0.25) is 4.90 Å². The number of piperazine rings is 1. The van der Waals surface area contributed by atoms with Gasteiger partial charge >= 0.3 is 0 Å². The highest BCUT2D eigenvalue weighted by Crippen LogP contribution is 2.39.